The predicted octanol–water partition coefficient (Wildman–Crippen LogP) is 3.35. The van der Waals surface area contributed by atoms with Crippen molar-refractivity contribution in [2.24, 2.45) is 0 Å². The Labute approximate surface area is 129 Å². The Hall–Kier alpha value is -3.14. The van der Waals surface area contributed by atoms with Crippen LogP contribution in [-0.2, 0) is 0 Å². The van der Waals surface area contributed by atoms with Crippen LogP contribution >= 0.6 is 0 Å². The normalized spacial score (nSPS) is 10.5. The van der Waals surface area contributed by atoms with E-state index in [1.54, 1.807) is 0 Å². The van der Waals surface area contributed by atoms with Crippen LogP contribution in [0.4, 0.5) is 22.7 Å². The Bertz CT molecular complexity index is 735. The number of nitrogens with two attached hydrogens (primary N) is 4. The van der Waals surface area contributed by atoms with E-state index in [2.05, 4.69) is 0 Å². The first-order valence-electron chi connectivity index (χ1n) is 6.96. The van der Waals surface area contributed by atoms with E-state index in [9.17, 15) is 0 Å². The molecule has 3 aromatic rings. The molecule has 0 aliphatic heterocycles. The first-order chi connectivity index (χ1) is 10.6. The average molecular weight is 290 g/mol. The van der Waals surface area contributed by atoms with Crippen molar-refractivity contribution in [2.45, 2.75) is 0 Å². The van der Waals surface area contributed by atoms with Gasteiger partial charge in [-0.1, -0.05) is 36.4 Å². The molecule has 0 saturated carbocycles. The summed E-state index contributed by atoms with van der Waals surface area (Å²) in [4.78, 5) is 0. The Balaban J connectivity index is 2.08. The third-order valence-corrected chi connectivity index (χ3v) is 3.73. The molecule has 0 atom stereocenters. The van der Waals surface area contributed by atoms with Crippen molar-refractivity contribution in [3.63, 3.8) is 0 Å². The standard InChI is InChI=1S/C18H18N4/c19-13-5-1-11(2-6-13)15-9-10-16(18(22)17(15)21)12-3-7-14(20)8-4-12/h1-10H,19-22H2. The van der Waals surface area contributed by atoms with Gasteiger partial charge in [-0.2, -0.15) is 0 Å². The largest absolute Gasteiger partial charge is 0.399 e. The van der Waals surface area contributed by atoms with Crippen molar-refractivity contribution in [3.05, 3.63) is 60.7 Å². The third kappa shape index (κ3) is 2.42. The minimum Gasteiger partial charge on any atom is -0.399 e. The molecule has 0 fully saturated rings. The van der Waals surface area contributed by atoms with Crippen molar-refractivity contribution in [2.75, 3.05) is 22.9 Å². The molecule has 4 heteroatoms. The first-order valence-corrected chi connectivity index (χ1v) is 6.96. The van der Waals surface area contributed by atoms with Gasteiger partial charge < -0.3 is 22.9 Å². The molecule has 0 aliphatic rings. The maximum atomic E-state index is 6.24. The second-order valence-electron chi connectivity index (χ2n) is 5.23. The van der Waals surface area contributed by atoms with Gasteiger partial charge in [0.25, 0.3) is 0 Å². The van der Waals surface area contributed by atoms with E-state index < -0.39 is 0 Å². The molecule has 0 spiro atoms. The number of hydrogen-bond donors (Lipinski definition) is 4. The van der Waals surface area contributed by atoms with Gasteiger partial charge in [-0.3, -0.25) is 0 Å². The molecule has 0 unspecified atom stereocenters. The summed E-state index contributed by atoms with van der Waals surface area (Å²) in [5.41, 5.74) is 30.3. The quantitative estimate of drug-likeness (QED) is 0.543. The fraction of sp³-hybridized carbons (Fsp3) is 0. The van der Waals surface area contributed by atoms with Crippen LogP contribution in [-0.4, -0.2) is 0 Å². The average Bonchev–Trinajstić information content (AvgIpc) is 2.52. The summed E-state index contributed by atoms with van der Waals surface area (Å²) in [7, 11) is 0. The van der Waals surface area contributed by atoms with Crippen molar-refractivity contribution in [1.82, 2.24) is 0 Å². The van der Waals surface area contributed by atoms with E-state index in [-0.39, 0.29) is 0 Å². The van der Waals surface area contributed by atoms with E-state index in [1.165, 1.54) is 0 Å². The lowest BCUT2D eigenvalue weighted by Crippen LogP contribution is -2.00. The maximum Gasteiger partial charge on any atom is 0.0633 e. The van der Waals surface area contributed by atoms with Crippen LogP contribution in [0.25, 0.3) is 22.3 Å². The molecule has 0 aromatic heterocycles. The maximum absolute atomic E-state index is 6.24. The molecule has 8 N–H and O–H groups in total. The van der Waals surface area contributed by atoms with Crippen molar-refractivity contribution in [1.29, 1.82) is 0 Å². The van der Waals surface area contributed by atoms with Gasteiger partial charge in [0.1, 0.15) is 0 Å². The van der Waals surface area contributed by atoms with E-state index in [0.29, 0.717) is 22.7 Å². The lowest BCUT2D eigenvalue weighted by Gasteiger charge is -2.13. The number of benzene rings is 3. The summed E-state index contributed by atoms with van der Waals surface area (Å²) in [6.45, 7) is 0. The van der Waals surface area contributed by atoms with Gasteiger partial charge in [0.2, 0.25) is 0 Å². The second-order valence-corrected chi connectivity index (χ2v) is 5.23. The zero-order valence-corrected chi connectivity index (χ0v) is 12.1. The summed E-state index contributed by atoms with van der Waals surface area (Å²) in [5.74, 6) is 0. The Morgan fingerprint density at radius 3 is 1.05 bits per heavy atom. The second kappa shape index (κ2) is 5.33. The van der Waals surface area contributed by atoms with E-state index in [0.717, 1.165) is 22.3 Å². The van der Waals surface area contributed by atoms with Gasteiger partial charge in [0, 0.05) is 22.5 Å². The van der Waals surface area contributed by atoms with E-state index >= 15 is 0 Å². The number of nitrogen functional groups attached to an aromatic ring is 4. The lowest BCUT2D eigenvalue weighted by molar-refractivity contribution is 1.57. The fourth-order valence-corrected chi connectivity index (χ4v) is 2.47. The summed E-state index contributed by atoms with van der Waals surface area (Å²) in [6.07, 6.45) is 0. The highest BCUT2D eigenvalue weighted by molar-refractivity contribution is 5.93. The molecular formula is C18H18N4. The minimum atomic E-state index is 0.569. The molecule has 0 saturated heterocycles. The van der Waals surface area contributed by atoms with E-state index in [4.69, 9.17) is 22.9 Å². The molecule has 110 valence electrons. The first kappa shape index (κ1) is 13.8. The molecule has 4 nitrogen and oxygen atoms in total. The molecule has 3 aromatic carbocycles. The zero-order chi connectivity index (χ0) is 15.7. The van der Waals surface area contributed by atoms with Gasteiger partial charge in [-0.05, 0) is 35.4 Å². The van der Waals surface area contributed by atoms with Crippen molar-refractivity contribution >= 4 is 22.7 Å². The van der Waals surface area contributed by atoms with Crippen LogP contribution in [0.15, 0.2) is 60.7 Å². The summed E-state index contributed by atoms with van der Waals surface area (Å²) >= 11 is 0. The molecule has 0 radical (unpaired) electrons. The van der Waals surface area contributed by atoms with Crippen LogP contribution in [0.5, 0.6) is 0 Å². The minimum absolute atomic E-state index is 0.569. The molecule has 0 heterocycles. The molecule has 0 amide bonds. The van der Waals surface area contributed by atoms with Gasteiger partial charge in [0.15, 0.2) is 0 Å². The topological polar surface area (TPSA) is 104 Å². The van der Waals surface area contributed by atoms with Crippen molar-refractivity contribution < 1.29 is 0 Å². The summed E-state index contributed by atoms with van der Waals surface area (Å²) in [6, 6.07) is 19.1. The molecule has 22 heavy (non-hydrogen) atoms. The lowest BCUT2D eigenvalue weighted by atomic mass is 9.96. The fourth-order valence-electron chi connectivity index (χ4n) is 2.47. The Kier molecular flexibility index (Phi) is 3.35. The van der Waals surface area contributed by atoms with Crippen LogP contribution in [0.2, 0.25) is 0 Å². The van der Waals surface area contributed by atoms with Gasteiger partial charge in [0.05, 0.1) is 11.4 Å². The Morgan fingerprint density at radius 1 is 0.409 bits per heavy atom. The SMILES string of the molecule is Nc1ccc(-c2ccc(-c3ccc(N)cc3)c(N)c2N)cc1. The predicted molar refractivity (Wildman–Crippen MR) is 95.0 cm³/mol. The monoisotopic (exact) mass is 290 g/mol. The van der Waals surface area contributed by atoms with Gasteiger partial charge in [-0.15, -0.1) is 0 Å². The molecule has 0 bridgehead atoms. The van der Waals surface area contributed by atoms with E-state index in [1.807, 2.05) is 60.7 Å². The number of anilines is 4. The highest BCUT2D eigenvalue weighted by Gasteiger charge is 2.11. The molecule has 3 rings (SSSR count). The van der Waals surface area contributed by atoms with Crippen LogP contribution in [0.1, 0.15) is 0 Å². The Morgan fingerprint density at radius 2 is 0.727 bits per heavy atom. The molecule has 0 aliphatic carbocycles. The van der Waals surface area contributed by atoms with Crippen LogP contribution < -0.4 is 22.9 Å². The zero-order valence-electron chi connectivity index (χ0n) is 12.1. The number of rotatable bonds is 2. The number of hydrogen-bond acceptors (Lipinski definition) is 4. The van der Waals surface area contributed by atoms with Crippen molar-refractivity contribution in [3.8, 4) is 22.3 Å². The summed E-state index contributed by atoms with van der Waals surface area (Å²) in [5, 5.41) is 0. The summed E-state index contributed by atoms with van der Waals surface area (Å²) < 4.78 is 0. The highest BCUT2D eigenvalue weighted by Crippen LogP contribution is 2.37. The van der Waals surface area contributed by atoms with Gasteiger partial charge in [-0.25, -0.2) is 0 Å². The van der Waals surface area contributed by atoms with Crippen LogP contribution in [0, 0.1) is 0 Å². The third-order valence-electron chi connectivity index (χ3n) is 3.73. The van der Waals surface area contributed by atoms with Crippen LogP contribution in [0.3, 0.4) is 0 Å². The molecular weight excluding hydrogens is 272 g/mol. The smallest absolute Gasteiger partial charge is 0.0633 e. The highest BCUT2D eigenvalue weighted by atomic mass is 14.7. The van der Waals surface area contributed by atoms with Gasteiger partial charge >= 0.3 is 0 Å².